The second-order valence-corrected chi connectivity index (χ2v) is 5.71. The Morgan fingerprint density at radius 1 is 1.39 bits per heavy atom. The van der Waals surface area contributed by atoms with Gasteiger partial charge in [0.15, 0.2) is 11.2 Å². The number of halogens is 1. The van der Waals surface area contributed by atoms with E-state index >= 15 is 0 Å². The zero-order chi connectivity index (χ0) is 16.4. The van der Waals surface area contributed by atoms with Crippen molar-refractivity contribution in [1.82, 2.24) is 15.1 Å². The standard InChI is InChI=1S/C15H14ClN3O4/c16-10-2-1-3-11(8-10)19-6-4-12(18-19)13(20)17-15(14(21)22)5-7-23-9-15/h1-4,6,8H,5,7,9H2,(H,17,20)(H,21,22). The van der Waals surface area contributed by atoms with Crippen molar-refractivity contribution >= 4 is 23.5 Å². The molecular formula is C15H14ClN3O4. The fraction of sp³-hybridized carbons (Fsp3) is 0.267. The molecule has 1 unspecified atom stereocenters. The Bertz CT molecular complexity index is 753. The highest BCUT2D eigenvalue weighted by Gasteiger charge is 2.44. The third kappa shape index (κ3) is 3.06. The van der Waals surface area contributed by atoms with E-state index < -0.39 is 17.4 Å². The summed E-state index contributed by atoms with van der Waals surface area (Å²) in [6.07, 6.45) is 1.84. The molecule has 1 amide bonds. The van der Waals surface area contributed by atoms with Crippen LogP contribution in [0.4, 0.5) is 0 Å². The maximum absolute atomic E-state index is 12.3. The fourth-order valence-electron chi connectivity index (χ4n) is 2.37. The predicted octanol–water partition coefficient (Wildman–Crippen LogP) is 1.50. The first kappa shape index (κ1) is 15.5. The van der Waals surface area contributed by atoms with E-state index in [0.717, 1.165) is 0 Å². The summed E-state index contributed by atoms with van der Waals surface area (Å²) in [6.45, 7) is 0.243. The summed E-state index contributed by atoms with van der Waals surface area (Å²) in [7, 11) is 0. The summed E-state index contributed by atoms with van der Waals surface area (Å²) in [5.41, 5.74) is -0.567. The summed E-state index contributed by atoms with van der Waals surface area (Å²) in [4.78, 5) is 23.7. The van der Waals surface area contributed by atoms with Gasteiger partial charge in [-0.3, -0.25) is 4.79 Å². The van der Waals surface area contributed by atoms with Crippen molar-refractivity contribution in [2.75, 3.05) is 13.2 Å². The van der Waals surface area contributed by atoms with Crippen LogP contribution in [-0.4, -0.2) is 45.5 Å². The van der Waals surface area contributed by atoms with Gasteiger partial charge in [-0.1, -0.05) is 17.7 Å². The second kappa shape index (κ2) is 6.02. The quantitative estimate of drug-likeness (QED) is 0.883. The molecule has 0 saturated carbocycles. The Morgan fingerprint density at radius 2 is 2.22 bits per heavy atom. The lowest BCUT2D eigenvalue weighted by atomic mass is 9.99. The van der Waals surface area contributed by atoms with Gasteiger partial charge in [0.05, 0.1) is 12.3 Å². The van der Waals surface area contributed by atoms with E-state index in [1.807, 2.05) is 0 Å². The highest BCUT2D eigenvalue weighted by molar-refractivity contribution is 6.30. The van der Waals surface area contributed by atoms with Crippen LogP contribution in [0, 0.1) is 0 Å². The van der Waals surface area contributed by atoms with Gasteiger partial charge in [-0.25, -0.2) is 9.48 Å². The minimum absolute atomic E-state index is 0.0525. The summed E-state index contributed by atoms with van der Waals surface area (Å²) in [6, 6.07) is 8.53. The van der Waals surface area contributed by atoms with E-state index in [1.54, 1.807) is 30.5 Å². The van der Waals surface area contributed by atoms with Crippen molar-refractivity contribution in [1.29, 1.82) is 0 Å². The molecule has 1 atom stereocenters. The fourth-order valence-corrected chi connectivity index (χ4v) is 2.56. The third-order valence-corrected chi connectivity index (χ3v) is 3.91. The number of benzene rings is 1. The number of nitrogens with zero attached hydrogens (tertiary/aromatic N) is 2. The van der Waals surface area contributed by atoms with Crippen molar-refractivity contribution in [3.05, 3.63) is 47.2 Å². The number of hydrogen-bond acceptors (Lipinski definition) is 4. The summed E-state index contributed by atoms with van der Waals surface area (Å²) in [5.74, 6) is -1.67. The van der Waals surface area contributed by atoms with Crippen molar-refractivity contribution in [2.24, 2.45) is 0 Å². The van der Waals surface area contributed by atoms with E-state index in [0.29, 0.717) is 17.3 Å². The number of aliphatic carboxylic acids is 1. The first-order chi connectivity index (χ1) is 11.0. The number of aromatic nitrogens is 2. The van der Waals surface area contributed by atoms with Crippen molar-refractivity contribution in [3.63, 3.8) is 0 Å². The molecule has 2 heterocycles. The highest BCUT2D eigenvalue weighted by atomic mass is 35.5. The van der Waals surface area contributed by atoms with Gasteiger partial charge in [0.1, 0.15) is 0 Å². The number of ether oxygens (including phenoxy) is 1. The Balaban J connectivity index is 1.80. The van der Waals surface area contributed by atoms with Crippen LogP contribution < -0.4 is 5.32 Å². The number of amides is 1. The zero-order valence-corrected chi connectivity index (χ0v) is 12.8. The highest BCUT2D eigenvalue weighted by Crippen LogP contribution is 2.20. The first-order valence-electron chi connectivity index (χ1n) is 6.95. The smallest absolute Gasteiger partial charge is 0.331 e. The molecule has 1 saturated heterocycles. The lowest BCUT2D eigenvalue weighted by molar-refractivity contribution is -0.144. The maximum atomic E-state index is 12.3. The SMILES string of the molecule is O=C(NC1(C(=O)O)CCOC1)c1ccn(-c2cccc(Cl)c2)n1. The molecular weight excluding hydrogens is 322 g/mol. The second-order valence-electron chi connectivity index (χ2n) is 5.27. The monoisotopic (exact) mass is 335 g/mol. The molecule has 0 spiro atoms. The molecule has 0 aliphatic carbocycles. The minimum Gasteiger partial charge on any atom is -0.479 e. The van der Waals surface area contributed by atoms with Crippen molar-refractivity contribution < 1.29 is 19.4 Å². The average molecular weight is 336 g/mol. The van der Waals surface area contributed by atoms with Gasteiger partial charge >= 0.3 is 5.97 Å². The number of carboxylic acid groups (broad SMARTS) is 1. The van der Waals surface area contributed by atoms with Gasteiger partial charge in [-0.05, 0) is 24.3 Å². The summed E-state index contributed by atoms with van der Waals surface area (Å²) in [5, 5.41) is 16.6. The van der Waals surface area contributed by atoms with Crippen LogP contribution in [0.25, 0.3) is 5.69 Å². The van der Waals surface area contributed by atoms with Gasteiger partial charge < -0.3 is 15.2 Å². The lowest BCUT2D eigenvalue weighted by Gasteiger charge is -2.22. The largest absolute Gasteiger partial charge is 0.479 e. The van der Waals surface area contributed by atoms with E-state index in [-0.39, 0.29) is 18.7 Å². The Morgan fingerprint density at radius 3 is 2.87 bits per heavy atom. The molecule has 0 radical (unpaired) electrons. The summed E-state index contributed by atoms with van der Waals surface area (Å²) >= 11 is 5.93. The number of carboxylic acids is 1. The zero-order valence-electron chi connectivity index (χ0n) is 12.0. The number of hydrogen-bond donors (Lipinski definition) is 2. The topological polar surface area (TPSA) is 93.5 Å². The average Bonchev–Trinajstić information content (AvgIpc) is 3.17. The molecule has 2 aromatic rings. The Kier molecular flexibility index (Phi) is 4.06. The molecule has 1 aromatic heterocycles. The number of carbonyl (C=O) groups excluding carboxylic acids is 1. The molecule has 23 heavy (non-hydrogen) atoms. The molecule has 1 aromatic carbocycles. The van der Waals surface area contributed by atoms with Crippen LogP contribution in [0.3, 0.4) is 0 Å². The predicted molar refractivity (Wildman–Crippen MR) is 81.8 cm³/mol. The molecule has 2 N–H and O–H groups in total. The number of rotatable bonds is 4. The Labute approximate surface area is 136 Å². The Hall–Kier alpha value is -2.38. The van der Waals surface area contributed by atoms with Crippen LogP contribution in [0.1, 0.15) is 16.9 Å². The van der Waals surface area contributed by atoms with E-state index in [1.165, 1.54) is 10.7 Å². The van der Waals surface area contributed by atoms with E-state index in [9.17, 15) is 14.7 Å². The van der Waals surface area contributed by atoms with Crippen LogP contribution in [0.15, 0.2) is 36.5 Å². The number of nitrogens with one attached hydrogen (secondary N) is 1. The van der Waals surface area contributed by atoms with Crippen LogP contribution in [0.2, 0.25) is 5.02 Å². The molecule has 1 aliphatic rings. The molecule has 1 aliphatic heterocycles. The lowest BCUT2D eigenvalue weighted by Crippen LogP contribution is -2.55. The maximum Gasteiger partial charge on any atom is 0.331 e. The van der Waals surface area contributed by atoms with Gasteiger partial charge in [-0.2, -0.15) is 5.10 Å². The first-order valence-corrected chi connectivity index (χ1v) is 7.33. The minimum atomic E-state index is -1.39. The van der Waals surface area contributed by atoms with Gasteiger partial charge in [0.25, 0.3) is 5.91 Å². The summed E-state index contributed by atoms with van der Waals surface area (Å²) < 4.78 is 6.61. The molecule has 8 heteroatoms. The van der Waals surface area contributed by atoms with Crippen LogP contribution in [-0.2, 0) is 9.53 Å². The van der Waals surface area contributed by atoms with Crippen molar-refractivity contribution in [2.45, 2.75) is 12.0 Å². The van der Waals surface area contributed by atoms with Gasteiger partial charge in [-0.15, -0.1) is 0 Å². The van der Waals surface area contributed by atoms with Gasteiger partial charge in [0.2, 0.25) is 0 Å². The molecule has 120 valence electrons. The van der Waals surface area contributed by atoms with Gasteiger partial charge in [0, 0.05) is 24.2 Å². The van der Waals surface area contributed by atoms with E-state index in [4.69, 9.17) is 16.3 Å². The molecule has 0 bridgehead atoms. The van der Waals surface area contributed by atoms with E-state index in [2.05, 4.69) is 10.4 Å². The van der Waals surface area contributed by atoms with Crippen molar-refractivity contribution in [3.8, 4) is 5.69 Å². The molecule has 3 rings (SSSR count). The third-order valence-electron chi connectivity index (χ3n) is 3.68. The van der Waals surface area contributed by atoms with Crippen LogP contribution >= 0.6 is 11.6 Å². The normalized spacial score (nSPS) is 20.4. The van der Waals surface area contributed by atoms with Crippen LogP contribution in [0.5, 0.6) is 0 Å². The molecule has 1 fully saturated rings. The molecule has 7 nitrogen and oxygen atoms in total. The number of carbonyl (C=O) groups is 2.